The SMILES string of the molecule is Cc1ccc([C@@H](C(=O)NCc2noc(C(N)=O)n2)N(C)C)cc1. The van der Waals surface area contributed by atoms with E-state index in [1.54, 1.807) is 0 Å². The molecule has 0 aliphatic carbocycles. The normalized spacial score (nSPS) is 12.2. The summed E-state index contributed by atoms with van der Waals surface area (Å²) in [5.74, 6) is -1.10. The Labute approximate surface area is 133 Å². The van der Waals surface area contributed by atoms with Crippen LogP contribution in [0.25, 0.3) is 0 Å². The Balaban J connectivity index is 2.06. The van der Waals surface area contributed by atoms with Gasteiger partial charge in [-0.05, 0) is 26.6 Å². The van der Waals surface area contributed by atoms with Crippen LogP contribution < -0.4 is 11.1 Å². The number of carbonyl (C=O) groups excluding carboxylic acids is 2. The Morgan fingerprint density at radius 3 is 2.48 bits per heavy atom. The molecule has 0 radical (unpaired) electrons. The molecule has 0 aliphatic rings. The molecule has 0 saturated carbocycles. The number of nitrogens with zero attached hydrogens (tertiary/aromatic N) is 3. The van der Waals surface area contributed by atoms with Gasteiger partial charge in [-0.2, -0.15) is 4.98 Å². The van der Waals surface area contributed by atoms with Gasteiger partial charge in [0.15, 0.2) is 5.82 Å². The fraction of sp³-hybridized carbons (Fsp3) is 0.333. The Morgan fingerprint density at radius 1 is 1.30 bits per heavy atom. The van der Waals surface area contributed by atoms with E-state index in [1.165, 1.54) is 0 Å². The largest absolute Gasteiger partial charge is 0.361 e. The van der Waals surface area contributed by atoms with Crippen molar-refractivity contribution >= 4 is 11.8 Å². The first-order valence-electron chi connectivity index (χ1n) is 7.01. The number of primary amides is 1. The number of rotatable bonds is 6. The highest BCUT2D eigenvalue weighted by atomic mass is 16.5. The fourth-order valence-electron chi connectivity index (χ4n) is 2.12. The van der Waals surface area contributed by atoms with Gasteiger partial charge >= 0.3 is 11.8 Å². The molecular weight excluding hydrogens is 298 g/mol. The van der Waals surface area contributed by atoms with E-state index in [4.69, 9.17) is 5.73 Å². The minimum absolute atomic E-state index is 0.0474. The van der Waals surface area contributed by atoms with Crippen LogP contribution in [0.15, 0.2) is 28.8 Å². The average molecular weight is 317 g/mol. The molecule has 1 aromatic heterocycles. The van der Waals surface area contributed by atoms with E-state index in [1.807, 2.05) is 50.2 Å². The number of nitrogens with two attached hydrogens (primary N) is 1. The predicted molar refractivity (Wildman–Crippen MR) is 82.3 cm³/mol. The summed E-state index contributed by atoms with van der Waals surface area (Å²) >= 11 is 0. The second kappa shape index (κ2) is 7.01. The van der Waals surface area contributed by atoms with Gasteiger partial charge in [-0.25, -0.2) is 0 Å². The van der Waals surface area contributed by atoms with Crippen molar-refractivity contribution in [2.24, 2.45) is 5.73 Å². The molecule has 23 heavy (non-hydrogen) atoms. The van der Waals surface area contributed by atoms with Gasteiger partial charge in [0.2, 0.25) is 5.91 Å². The van der Waals surface area contributed by atoms with Crippen molar-refractivity contribution in [2.45, 2.75) is 19.5 Å². The first kappa shape index (κ1) is 16.6. The van der Waals surface area contributed by atoms with Crippen LogP contribution in [0, 0.1) is 6.92 Å². The molecule has 1 atom stereocenters. The number of hydrogen-bond donors (Lipinski definition) is 2. The van der Waals surface area contributed by atoms with Crippen LogP contribution in [0.2, 0.25) is 0 Å². The molecule has 2 rings (SSSR count). The van der Waals surface area contributed by atoms with Gasteiger partial charge < -0.3 is 15.6 Å². The van der Waals surface area contributed by atoms with E-state index >= 15 is 0 Å². The lowest BCUT2D eigenvalue weighted by molar-refractivity contribution is -0.126. The summed E-state index contributed by atoms with van der Waals surface area (Å²) in [6, 6.07) is 7.30. The lowest BCUT2D eigenvalue weighted by Gasteiger charge is -2.23. The highest BCUT2D eigenvalue weighted by Crippen LogP contribution is 2.19. The number of hydrogen-bond acceptors (Lipinski definition) is 6. The Morgan fingerprint density at radius 2 is 1.96 bits per heavy atom. The van der Waals surface area contributed by atoms with Crippen molar-refractivity contribution in [2.75, 3.05) is 14.1 Å². The zero-order valence-electron chi connectivity index (χ0n) is 13.2. The van der Waals surface area contributed by atoms with E-state index in [2.05, 4.69) is 20.0 Å². The highest BCUT2D eigenvalue weighted by Gasteiger charge is 2.23. The van der Waals surface area contributed by atoms with Crippen LogP contribution in [0.5, 0.6) is 0 Å². The maximum Gasteiger partial charge on any atom is 0.315 e. The van der Waals surface area contributed by atoms with Crippen LogP contribution in [0.1, 0.15) is 33.7 Å². The molecule has 2 amide bonds. The van der Waals surface area contributed by atoms with Crippen LogP contribution >= 0.6 is 0 Å². The Bertz CT molecular complexity index is 693. The molecule has 8 nitrogen and oxygen atoms in total. The quantitative estimate of drug-likeness (QED) is 0.797. The van der Waals surface area contributed by atoms with Crippen LogP contribution in [0.4, 0.5) is 0 Å². The van der Waals surface area contributed by atoms with E-state index in [9.17, 15) is 9.59 Å². The molecule has 8 heteroatoms. The summed E-state index contributed by atoms with van der Waals surface area (Å²) in [7, 11) is 3.65. The summed E-state index contributed by atoms with van der Waals surface area (Å²) in [5.41, 5.74) is 7.03. The lowest BCUT2D eigenvalue weighted by atomic mass is 10.0. The number of amides is 2. The predicted octanol–water partition coefficient (Wildman–Crippen LogP) is 0.396. The Kier molecular flexibility index (Phi) is 5.07. The molecule has 0 fully saturated rings. The number of benzene rings is 1. The molecular formula is C15H19N5O3. The number of likely N-dealkylation sites (N-methyl/N-ethyl adjacent to an activating group) is 1. The second-order valence-corrected chi connectivity index (χ2v) is 5.37. The first-order valence-corrected chi connectivity index (χ1v) is 7.01. The maximum absolute atomic E-state index is 12.5. The summed E-state index contributed by atoms with van der Waals surface area (Å²) in [4.78, 5) is 28.9. The van der Waals surface area contributed by atoms with Gasteiger partial charge in [0.05, 0.1) is 6.54 Å². The summed E-state index contributed by atoms with van der Waals surface area (Å²) < 4.78 is 4.67. The minimum atomic E-state index is -0.805. The third-order valence-corrected chi connectivity index (χ3v) is 3.26. The smallest absolute Gasteiger partial charge is 0.315 e. The zero-order valence-corrected chi connectivity index (χ0v) is 13.2. The minimum Gasteiger partial charge on any atom is -0.361 e. The van der Waals surface area contributed by atoms with E-state index in [0.717, 1.165) is 11.1 Å². The van der Waals surface area contributed by atoms with Gasteiger partial charge in [-0.1, -0.05) is 35.0 Å². The third kappa shape index (κ3) is 4.13. The second-order valence-electron chi connectivity index (χ2n) is 5.37. The molecule has 2 aromatic rings. The monoisotopic (exact) mass is 317 g/mol. The van der Waals surface area contributed by atoms with Gasteiger partial charge in [0.25, 0.3) is 0 Å². The number of carbonyl (C=O) groups is 2. The highest BCUT2D eigenvalue weighted by molar-refractivity contribution is 5.87. The molecule has 0 bridgehead atoms. The standard InChI is InChI=1S/C15H19N5O3/c1-9-4-6-10(7-5-9)12(20(2)3)14(22)17-8-11-18-15(13(16)21)23-19-11/h4-7,12H,8H2,1-3H3,(H2,16,21)(H,17,22)/t12-/m0/s1. The summed E-state index contributed by atoms with van der Waals surface area (Å²) in [6.07, 6.45) is 0. The first-order chi connectivity index (χ1) is 10.9. The molecule has 0 aliphatic heterocycles. The number of nitrogens with one attached hydrogen (secondary N) is 1. The lowest BCUT2D eigenvalue weighted by Crippen LogP contribution is -2.36. The topological polar surface area (TPSA) is 114 Å². The van der Waals surface area contributed by atoms with E-state index in [0.29, 0.717) is 0 Å². The molecule has 1 heterocycles. The number of aromatic nitrogens is 2. The molecule has 0 spiro atoms. The van der Waals surface area contributed by atoms with Crippen molar-refractivity contribution in [1.29, 1.82) is 0 Å². The number of aryl methyl sites for hydroxylation is 1. The van der Waals surface area contributed by atoms with Gasteiger partial charge in [-0.3, -0.25) is 14.5 Å². The van der Waals surface area contributed by atoms with Gasteiger partial charge in [-0.15, -0.1) is 0 Å². The van der Waals surface area contributed by atoms with Crippen molar-refractivity contribution in [3.63, 3.8) is 0 Å². The van der Waals surface area contributed by atoms with Crippen molar-refractivity contribution in [3.05, 3.63) is 47.1 Å². The molecule has 0 unspecified atom stereocenters. The zero-order chi connectivity index (χ0) is 17.0. The van der Waals surface area contributed by atoms with E-state index < -0.39 is 11.9 Å². The molecule has 122 valence electrons. The fourth-order valence-corrected chi connectivity index (χ4v) is 2.12. The van der Waals surface area contributed by atoms with Crippen molar-refractivity contribution in [1.82, 2.24) is 20.4 Å². The Hall–Kier alpha value is -2.74. The van der Waals surface area contributed by atoms with Crippen LogP contribution in [0.3, 0.4) is 0 Å². The molecule has 0 saturated heterocycles. The van der Waals surface area contributed by atoms with Crippen LogP contribution in [-0.2, 0) is 11.3 Å². The van der Waals surface area contributed by atoms with E-state index in [-0.39, 0.29) is 24.2 Å². The average Bonchev–Trinajstić information content (AvgIpc) is 2.96. The van der Waals surface area contributed by atoms with Crippen molar-refractivity contribution in [3.8, 4) is 0 Å². The van der Waals surface area contributed by atoms with Gasteiger partial charge in [0, 0.05) is 0 Å². The molecule has 1 aromatic carbocycles. The van der Waals surface area contributed by atoms with Crippen molar-refractivity contribution < 1.29 is 14.1 Å². The molecule has 3 N–H and O–H groups in total. The summed E-state index contributed by atoms with van der Waals surface area (Å²) in [5, 5.41) is 6.31. The summed E-state index contributed by atoms with van der Waals surface area (Å²) in [6.45, 7) is 2.03. The maximum atomic E-state index is 12.5. The van der Waals surface area contributed by atoms with Crippen LogP contribution in [-0.4, -0.2) is 41.0 Å². The third-order valence-electron chi connectivity index (χ3n) is 3.26. The van der Waals surface area contributed by atoms with Gasteiger partial charge in [0.1, 0.15) is 6.04 Å².